The Hall–Kier alpha value is -1.62. The quantitative estimate of drug-likeness (QED) is 0.784. The topological polar surface area (TPSA) is 58.4 Å². The minimum absolute atomic E-state index is 0.470. The molecule has 0 amide bonds. The van der Waals surface area contributed by atoms with Crippen LogP contribution >= 0.6 is 0 Å². The molecule has 0 spiro atoms. The molecule has 0 bridgehead atoms. The van der Waals surface area contributed by atoms with Gasteiger partial charge in [0.1, 0.15) is 6.04 Å². The van der Waals surface area contributed by atoms with E-state index in [0.717, 1.165) is 45.3 Å². The number of aliphatic carboxylic acids is 1. The molecule has 5 heteroatoms. The van der Waals surface area contributed by atoms with E-state index in [4.69, 9.17) is 0 Å². The van der Waals surface area contributed by atoms with Crippen LogP contribution in [0.1, 0.15) is 32.6 Å². The van der Waals surface area contributed by atoms with E-state index in [0.29, 0.717) is 5.92 Å². The molecule has 1 aliphatic heterocycles. The standard InChI is InChI=1S/C16H25N3O2/c1-2-3-4-6-15(16(20)21)18-11-7-14(8-12-18)13-19-10-5-9-17-19/h4-6,9-10,14-15H,2-3,7-8,11-13H2,1H3,(H,20,21)/b6-4+/t15-/m1/s1. The summed E-state index contributed by atoms with van der Waals surface area (Å²) in [6, 6.07) is 1.47. The zero-order chi connectivity index (χ0) is 15.1. The third-order valence-corrected chi connectivity index (χ3v) is 4.07. The largest absolute Gasteiger partial charge is 0.480 e. The molecule has 1 N–H and O–H groups in total. The van der Waals surface area contributed by atoms with Gasteiger partial charge in [-0.1, -0.05) is 25.5 Å². The minimum atomic E-state index is -0.743. The lowest BCUT2D eigenvalue weighted by atomic mass is 9.95. The van der Waals surface area contributed by atoms with Gasteiger partial charge in [-0.05, 0) is 44.3 Å². The second-order valence-electron chi connectivity index (χ2n) is 5.71. The molecule has 1 fully saturated rings. The Labute approximate surface area is 126 Å². The zero-order valence-electron chi connectivity index (χ0n) is 12.7. The van der Waals surface area contributed by atoms with Crippen molar-refractivity contribution in [3.05, 3.63) is 30.6 Å². The summed E-state index contributed by atoms with van der Waals surface area (Å²) >= 11 is 0. The Balaban J connectivity index is 1.84. The van der Waals surface area contributed by atoms with Gasteiger partial charge in [-0.15, -0.1) is 0 Å². The van der Waals surface area contributed by atoms with E-state index in [-0.39, 0.29) is 0 Å². The molecule has 1 aliphatic rings. The summed E-state index contributed by atoms with van der Waals surface area (Å²) in [7, 11) is 0. The molecule has 116 valence electrons. The fourth-order valence-electron chi connectivity index (χ4n) is 2.84. The molecule has 21 heavy (non-hydrogen) atoms. The van der Waals surface area contributed by atoms with Crippen LogP contribution in [0.3, 0.4) is 0 Å². The number of rotatable bonds is 7. The lowest BCUT2D eigenvalue weighted by Gasteiger charge is -2.34. The van der Waals surface area contributed by atoms with Gasteiger partial charge >= 0.3 is 5.97 Å². The van der Waals surface area contributed by atoms with E-state index in [1.54, 1.807) is 6.20 Å². The number of carbonyl (C=O) groups is 1. The van der Waals surface area contributed by atoms with Crippen LogP contribution < -0.4 is 0 Å². The maximum atomic E-state index is 11.4. The number of unbranched alkanes of at least 4 members (excludes halogenated alkanes) is 1. The molecule has 0 radical (unpaired) electrons. The number of carboxylic acid groups (broad SMARTS) is 1. The fraction of sp³-hybridized carbons (Fsp3) is 0.625. The Morgan fingerprint density at radius 2 is 2.24 bits per heavy atom. The van der Waals surface area contributed by atoms with Crippen molar-refractivity contribution in [3.8, 4) is 0 Å². The maximum absolute atomic E-state index is 11.4. The molecule has 1 atom stereocenters. The van der Waals surface area contributed by atoms with Crippen LogP contribution in [0.15, 0.2) is 30.6 Å². The maximum Gasteiger partial charge on any atom is 0.324 e. The van der Waals surface area contributed by atoms with Gasteiger partial charge < -0.3 is 5.11 Å². The van der Waals surface area contributed by atoms with Gasteiger partial charge in [0.05, 0.1) is 0 Å². The highest BCUT2D eigenvalue weighted by atomic mass is 16.4. The Kier molecular flexibility index (Phi) is 5.99. The average molecular weight is 291 g/mol. The summed E-state index contributed by atoms with van der Waals surface area (Å²) in [5, 5.41) is 13.6. The molecule has 0 aliphatic carbocycles. The van der Waals surface area contributed by atoms with Crippen LogP contribution in [0, 0.1) is 5.92 Å². The Bertz CT molecular complexity index is 448. The van der Waals surface area contributed by atoms with Gasteiger partial charge in [-0.25, -0.2) is 0 Å². The molecule has 1 aromatic heterocycles. The van der Waals surface area contributed by atoms with Crippen LogP contribution in [0.2, 0.25) is 0 Å². The van der Waals surface area contributed by atoms with Crippen molar-refractivity contribution in [1.29, 1.82) is 0 Å². The smallest absolute Gasteiger partial charge is 0.324 e. The van der Waals surface area contributed by atoms with Crippen molar-refractivity contribution in [2.75, 3.05) is 13.1 Å². The van der Waals surface area contributed by atoms with E-state index >= 15 is 0 Å². The van der Waals surface area contributed by atoms with E-state index < -0.39 is 12.0 Å². The van der Waals surface area contributed by atoms with Gasteiger partial charge in [-0.3, -0.25) is 14.4 Å². The molecule has 2 heterocycles. The van der Waals surface area contributed by atoms with E-state index in [1.807, 2.05) is 29.1 Å². The van der Waals surface area contributed by atoms with Crippen molar-refractivity contribution in [1.82, 2.24) is 14.7 Å². The number of hydrogen-bond donors (Lipinski definition) is 1. The summed E-state index contributed by atoms with van der Waals surface area (Å²) in [4.78, 5) is 13.5. The fourth-order valence-corrected chi connectivity index (χ4v) is 2.84. The Morgan fingerprint density at radius 3 is 2.81 bits per heavy atom. The monoisotopic (exact) mass is 291 g/mol. The van der Waals surface area contributed by atoms with Gasteiger partial charge in [0.25, 0.3) is 0 Å². The molecular formula is C16H25N3O2. The third-order valence-electron chi connectivity index (χ3n) is 4.07. The summed E-state index contributed by atoms with van der Waals surface area (Å²) < 4.78 is 1.97. The zero-order valence-corrected chi connectivity index (χ0v) is 12.7. The molecule has 0 saturated carbocycles. The number of carboxylic acids is 1. The summed E-state index contributed by atoms with van der Waals surface area (Å²) in [5.74, 6) is -0.150. The number of hydrogen-bond acceptors (Lipinski definition) is 3. The highest BCUT2D eigenvalue weighted by molar-refractivity contribution is 5.75. The molecule has 5 nitrogen and oxygen atoms in total. The second-order valence-corrected chi connectivity index (χ2v) is 5.71. The highest BCUT2D eigenvalue weighted by Crippen LogP contribution is 2.21. The number of likely N-dealkylation sites (tertiary alicyclic amines) is 1. The van der Waals surface area contributed by atoms with Gasteiger partial charge in [0, 0.05) is 18.9 Å². The second kappa shape index (κ2) is 7.98. The lowest BCUT2D eigenvalue weighted by Crippen LogP contribution is -2.45. The van der Waals surface area contributed by atoms with Crippen LogP contribution in [0.4, 0.5) is 0 Å². The summed E-state index contributed by atoms with van der Waals surface area (Å²) in [5.41, 5.74) is 0. The normalized spacial score (nSPS) is 19.1. The van der Waals surface area contributed by atoms with Gasteiger partial charge in [0.15, 0.2) is 0 Å². The third kappa shape index (κ3) is 4.70. The molecule has 2 rings (SSSR count). The van der Waals surface area contributed by atoms with E-state index in [1.165, 1.54) is 0 Å². The van der Waals surface area contributed by atoms with Crippen molar-refractivity contribution < 1.29 is 9.90 Å². The van der Waals surface area contributed by atoms with E-state index in [9.17, 15) is 9.90 Å². The van der Waals surface area contributed by atoms with Crippen LogP contribution in [0.25, 0.3) is 0 Å². The first-order valence-electron chi connectivity index (χ1n) is 7.81. The number of aromatic nitrogens is 2. The highest BCUT2D eigenvalue weighted by Gasteiger charge is 2.27. The molecule has 0 unspecified atom stereocenters. The average Bonchev–Trinajstić information content (AvgIpc) is 2.97. The first kappa shape index (κ1) is 15.8. The van der Waals surface area contributed by atoms with Crippen LogP contribution in [-0.4, -0.2) is 44.9 Å². The van der Waals surface area contributed by atoms with Crippen molar-refractivity contribution in [3.63, 3.8) is 0 Å². The molecular weight excluding hydrogens is 266 g/mol. The first-order chi connectivity index (χ1) is 10.2. The van der Waals surface area contributed by atoms with Crippen molar-refractivity contribution >= 4 is 5.97 Å². The minimum Gasteiger partial charge on any atom is -0.480 e. The van der Waals surface area contributed by atoms with Gasteiger partial charge in [0.2, 0.25) is 0 Å². The lowest BCUT2D eigenvalue weighted by molar-refractivity contribution is -0.141. The number of piperidine rings is 1. The van der Waals surface area contributed by atoms with Crippen molar-refractivity contribution in [2.45, 2.75) is 45.2 Å². The molecule has 1 saturated heterocycles. The summed E-state index contributed by atoms with van der Waals surface area (Å²) in [6.07, 6.45) is 11.7. The Morgan fingerprint density at radius 1 is 1.48 bits per heavy atom. The van der Waals surface area contributed by atoms with Crippen LogP contribution in [0.5, 0.6) is 0 Å². The number of allylic oxidation sites excluding steroid dienone is 1. The van der Waals surface area contributed by atoms with Gasteiger partial charge in [-0.2, -0.15) is 5.10 Å². The predicted octanol–water partition coefficient (Wildman–Crippen LogP) is 2.40. The molecule has 1 aromatic rings. The first-order valence-corrected chi connectivity index (χ1v) is 7.81. The van der Waals surface area contributed by atoms with E-state index in [2.05, 4.69) is 16.9 Å². The van der Waals surface area contributed by atoms with Crippen molar-refractivity contribution in [2.24, 2.45) is 5.92 Å². The summed E-state index contributed by atoms with van der Waals surface area (Å²) in [6.45, 7) is 4.73. The SMILES string of the molecule is CCC/C=C/[C@H](C(=O)O)N1CCC(Cn2cccn2)CC1. The van der Waals surface area contributed by atoms with Crippen LogP contribution in [-0.2, 0) is 11.3 Å². The predicted molar refractivity (Wildman–Crippen MR) is 82.0 cm³/mol. The number of nitrogens with zero attached hydrogens (tertiary/aromatic N) is 3. The molecule has 0 aromatic carbocycles.